The van der Waals surface area contributed by atoms with Crippen LogP contribution in [0.25, 0.3) is 11.0 Å². The summed E-state index contributed by atoms with van der Waals surface area (Å²) in [5.74, 6) is 0.773. The van der Waals surface area contributed by atoms with Gasteiger partial charge in [-0.1, -0.05) is 12.1 Å². The molecule has 0 radical (unpaired) electrons. The van der Waals surface area contributed by atoms with E-state index >= 15 is 0 Å². The molecule has 2 aliphatic rings. The minimum absolute atomic E-state index is 0.00690. The molecule has 1 aliphatic heterocycles. The van der Waals surface area contributed by atoms with Crippen LogP contribution in [0.2, 0.25) is 0 Å². The number of piperidine rings is 1. The SMILES string of the molecule is CC(C)(COc1noc2ccccc12)NC(=O)C1C2CN(C(=O)OC(C)(C)C)CC21. The van der Waals surface area contributed by atoms with Gasteiger partial charge < -0.3 is 24.2 Å². The Hall–Kier alpha value is -2.77. The highest BCUT2D eigenvalue weighted by Gasteiger charge is 2.61. The second-order valence-corrected chi connectivity index (χ2v) is 9.88. The van der Waals surface area contributed by atoms with E-state index in [1.807, 2.05) is 58.9 Å². The summed E-state index contributed by atoms with van der Waals surface area (Å²) in [6, 6.07) is 7.48. The Kier molecular flexibility index (Phi) is 4.91. The number of ether oxygens (including phenoxy) is 2. The molecule has 2 fully saturated rings. The number of fused-ring (bicyclic) bond motifs is 2. The van der Waals surface area contributed by atoms with Crippen LogP contribution in [0.5, 0.6) is 5.88 Å². The highest BCUT2D eigenvalue weighted by atomic mass is 16.6. The number of nitrogens with one attached hydrogen (secondary N) is 1. The molecule has 1 aliphatic carbocycles. The van der Waals surface area contributed by atoms with E-state index in [1.165, 1.54) is 0 Å². The van der Waals surface area contributed by atoms with E-state index in [2.05, 4.69) is 10.5 Å². The number of para-hydroxylation sites is 1. The van der Waals surface area contributed by atoms with E-state index in [1.54, 1.807) is 4.90 Å². The highest BCUT2D eigenvalue weighted by molar-refractivity contribution is 5.84. The lowest BCUT2D eigenvalue weighted by Crippen LogP contribution is -2.49. The quantitative estimate of drug-likeness (QED) is 0.806. The number of likely N-dealkylation sites (tertiary alicyclic amines) is 1. The van der Waals surface area contributed by atoms with Crippen molar-refractivity contribution in [1.82, 2.24) is 15.4 Å². The van der Waals surface area contributed by atoms with Gasteiger partial charge in [0, 0.05) is 19.0 Å². The van der Waals surface area contributed by atoms with Crippen LogP contribution >= 0.6 is 0 Å². The van der Waals surface area contributed by atoms with Gasteiger partial charge in [0.1, 0.15) is 12.2 Å². The van der Waals surface area contributed by atoms with Crippen LogP contribution in [0.4, 0.5) is 4.79 Å². The van der Waals surface area contributed by atoms with Gasteiger partial charge in [-0.15, -0.1) is 0 Å². The number of rotatable bonds is 5. The van der Waals surface area contributed by atoms with Crippen molar-refractivity contribution >= 4 is 23.0 Å². The Labute approximate surface area is 175 Å². The number of benzene rings is 1. The third-order valence-corrected chi connectivity index (χ3v) is 5.52. The molecule has 2 atom stereocenters. The Morgan fingerprint density at radius 3 is 2.50 bits per heavy atom. The lowest BCUT2D eigenvalue weighted by molar-refractivity contribution is -0.125. The molecule has 0 bridgehead atoms. The molecule has 30 heavy (non-hydrogen) atoms. The van der Waals surface area contributed by atoms with E-state index < -0.39 is 11.1 Å². The molecule has 8 heteroatoms. The molecule has 2 unspecified atom stereocenters. The molecular weight excluding hydrogens is 386 g/mol. The van der Waals surface area contributed by atoms with E-state index in [-0.39, 0.29) is 36.4 Å². The lowest BCUT2D eigenvalue weighted by atomic mass is 10.1. The zero-order chi connectivity index (χ0) is 21.7. The largest absolute Gasteiger partial charge is 0.473 e. The molecule has 162 valence electrons. The zero-order valence-electron chi connectivity index (χ0n) is 18.1. The maximum atomic E-state index is 12.8. The molecule has 1 aromatic heterocycles. The summed E-state index contributed by atoms with van der Waals surface area (Å²) in [5, 5.41) is 7.85. The zero-order valence-corrected chi connectivity index (χ0v) is 18.1. The van der Waals surface area contributed by atoms with Crippen LogP contribution < -0.4 is 10.1 Å². The minimum atomic E-state index is -0.571. The highest BCUT2D eigenvalue weighted by Crippen LogP contribution is 2.52. The summed E-state index contributed by atoms with van der Waals surface area (Å²) in [4.78, 5) is 26.7. The van der Waals surface area contributed by atoms with Crippen molar-refractivity contribution in [2.45, 2.75) is 45.8 Å². The van der Waals surface area contributed by atoms with Crippen molar-refractivity contribution in [3.8, 4) is 5.88 Å². The third kappa shape index (κ3) is 4.22. The number of aromatic nitrogens is 1. The maximum Gasteiger partial charge on any atom is 0.410 e. The standard InChI is InChI=1S/C22H29N3O5/c1-21(2,3)29-20(27)25-10-14-15(11-25)17(14)18(26)23-22(4,5)12-28-19-13-8-6-7-9-16(13)30-24-19/h6-9,14-15,17H,10-12H2,1-5H3,(H,23,26). The first-order valence-electron chi connectivity index (χ1n) is 10.3. The summed E-state index contributed by atoms with van der Waals surface area (Å²) in [7, 11) is 0. The van der Waals surface area contributed by atoms with Crippen LogP contribution in [-0.2, 0) is 9.53 Å². The number of hydrogen-bond donors (Lipinski definition) is 1. The fourth-order valence-corrected chi connectivity index (χ4v) is 4.06. The first-order valence-corrected chi connectivity index (χ1v) is 10.3. The molecule has 8 nitrogen and oxygen atoms in total. The second kappa shape index (κ2) is 7.18. The van der Waals surface area contributed by atoms with E-state index in [9.17, 15) is 9.59 Å². The first kappa shape index (κ1) is 20.5. The fourth-order valence-electron chi connectivity index (χ4n) is 4.06. The third-order valence-electron chi connectivity index (χ3n) is 5.52. The van der Waals surface area contributed by atoms with Gasteiger partial charge in [-0.2, -0.15) is 0 Å². The summed E-state index contributed by atoms with van der Waals surface area (Å²) in [5.41, 5.74) is -0.423. The van der Waals surface area contributed by atoms with E-state index in [4.69, 9.17) is 14.0 Å². The number of carbonyl (C=O) groups excluding carboxylic acids is 2. The van der Waals surface area contributed by atoms with Crippen LogP contribution in [0.15, 0.2) is 28.8 Å². The predicted octanol–water partition coefficient (Wildman–Crippen LogP) is 3.21. The first-order chi connectivity index (χ1) is 14.0. The van der Waals surface area contributed by atoms with Crippen molar-refractivity contribution in [2.75, 3.05) is 19.7 Å². The summed E-state index contributed by atoms with van der Waals surface area (Å²) >= 11 is 0. The molecule has 1 saturated carbocycles. The van der Waals surface area contributed by atoms with Crippen molar-refractivity contribution in [1.29, 1.82) is 0 Å². The van der Waals surface area contributed by atoms with Gasteiger partial charge in [0.05, 0.1) is 10.9 Å². The predicted molar refractivity (Wildman–Crippen MR) is 110 cm³/mol. The molecule has 0 spiro atoms. The van der Waals surface area contributed by atoms with Crippen LogP contribution in [-0.4, -0.2) is 52.9 Å². The number of nitrogens with zero attached hydrogens (tertiary/aromatic N) is 2. The van der Waals surface area contributed by atoms with Crippen LogP contribution in [0, 0.1) is 17.8 Å². The Bertz CT molecular complexity index is 949. The number of hydrogen-bond acceptors (Lipinski definition) is 6. The molecule has 1 saturated heterocycles. The molecule has 1 aromatic carbocycles. The summed E-state index contributed by atoms with van der Waals surface area (Å²) in [6.07, 6.45) is -0.303. The molecule has 2 aromatic rings. The number of amides is 2. The average molecular weight is 415 g/mol. The fraction of sp³-hybridized carbons (Fsp3) is 0.591. The van der Waals surface area contributed by atoms with Gasteiger partial charge in [0.25, 0.3) is 5.88 Å². The smallest absolute Gasteiger partial charge is 0.410 e. The monoisotopic (exact) mass is 415 g/mol. The molecular formula is C22H29N3O5. The van der Waals surface area contributed by atoms with Gasteiger partial charge in [0.15, 0.2) is 5.58 Å². The summed E-state index contributed by atoms with van der Waals surface area (Å²) < 4.78 is 16.5. The second-order valence-electron chi connectivity index (χ2n) is 9.88. The van der Waals surface area contributed by atoms with Gasteiger partial charge in [-0.25, -0.2) is 4.79 Å². The van der Waals surface area contributed by atoms with Crippen molar-refractivity contribution in [2.24, 2.45) is 17.8 Å². The minimum Gasteiger partial charge on any atom is -0.473 e. The Morgan fingerprint density at radius 1 is 1.17 bits per heavy atom. The Morgan fingerprint density at radius 2 is 1.83 bits per heavy atom. The van der Waals surface area contributed by atoms with Crippen LogP contribution in [0.1, 0.15) is 34.6 Å². The maximum absolute atomic E-state index is 12.8. The normalized spacial score (nSPS) is 23.2. The molecule has 1 N–H and O–H groups in total. The van der Waals surface area contributed by atoms with Crippen LogP contribution in [0.3, 0.4) is 0 Å². The van der Waals surface area contributed by atoms with Gasteiger partial charge in [0.2, 0.25) is 5.91 Å². The molecule has 4 rings (SSSR count). The lowest BCUT2D eigenvalue weighted by Gasteiger charge is -2.28. The van der Waals surface area contributed by atoms with Gasteiger partial charge in [-0.3, -0.25) is 4.79 Å². The van der Waals surface area contributed by atoms with E-state index in [0.29, 0.717) is 24.6 Å². The van der Waals surface area contributed by atoms with Gasteiger partial charge >= 0.3 is 6.09 Å². The topological polar surface area (TPSA) is 93.9 Å². The van der Waals surface area contributed by atoms with Crippen molar-refractivity contribution in [3.63, 3.8) is 0 Å². The summed E-state index contributed by atoms with van der Waals surface area (Å²) in [6.45, 7) is 10.8. The number of carbonyl (C=O) groups is 2. The van der Waals surface area contributed by atoms with Crippen molar-refractivity contribution in [3.05, 3.63) is 24.3 Å². The van der Waals surface area contributed by atoms with E-state index in [0.717, 1.165) is 5.39 Å². The Balaban J connectivity index is 1.27. The van der Waals surface area contributed by atoms with Gasteiger partial charge in [-0.05, 0) is 63.7 Å². The molecule has 2 amide bonds. The molecule has 2 heterocycles. The average Bonchev–Trinajstić information content (AvgIpc) is 2.99. The van der Waals surface area contributed by atoms with Crippen molar-refractivity contribution < 1.29 is 23.6 Å².